The Balaban J connectivity index is 1.98. The zero-order valence-corrected chi connectivity index (χ0v) is 14.9. The van der Waals surface area contributed by atoms with E-state index in [1.165, 1.54) is 0 Å². The van der Waals surface area contributed by atoms with E-state index in [9.17, 15) is 18.8 Å². The molecule has 4 nitrogen and oxygen atoms in total. The van der Waals surface area contributed by atoms with E-state index in [4.69, 9.17) is 0 Å². The average Bonchev–Trinajstić information content (AvgIpc) is 2.58. The van der Waals surface area contributed by atoms with E-state index in [2.05, 4.69) is 0 Å². The quantitative estimate of drug-likeness (QED) is 0.742. The minimum Gasteiger partial charge on any atom is -0.342 e. The second kappa shape index (κ2) is 7.41. The lowest BCUT2D eigenvalue weighted by Crippen LogP contribution is -2.41. The normalized spacial score (nSPS) is 21.6. The summed E-state index contributed by atoms with van der Waals surface area (Å²) in [6.45, 7) is 7.80. The van der Waals surface area contributed by atoms with E-state index >= 15 is 0 Å². The van der Waals surface area contributed by atoms with Crippen LogP contribution in [0.2, 0.25) is 0 Å². The lowest BCUT2D eigenvalue weighted by atomic mass is 9.83. The summed E-state index contributed by atoms with van der Waals surface area (Å²) in [5.41, 5.74) is 2.05. The third-order valence-electron chi connectivity index (χ3n) is 5.30. The van der Waals surface area contributed by atoms with Gasteiger partial charge >= 0.3 is 0 Å². The molecule has 0 bridgehead atoms. The van der Waals surface area contributed by atoms with Crippen LogP contribution in [-0.2, 0) is 14.4 Å². The zero-order chi connectivity index (χ0) is 18.0. The number of nitrogens with zero attached hydrogens (tertiary/aromatic N) is 1. The van der Waals surface area contributed by atoms with Gasteiger partial charge in [0.25, 0.3) is 0 Å². The summed E-state index contributed by atoms with van der Waals surface area (Å²) in [7, 11) is 0. The van der Waals surface area contributed by atoms with Crippen molar-refractivity contribution in [3.63, 3.8) is 0 Å². The number of Topliss-reactive ketones (excluding diaryl/α,β-unsaturated/α-hetero) is 2. The number of alkyl halides is 1. The fourth-order valence-electron chi connectivity index (χ4n) is 3.32. The van der Waals surface area contributed by atoms with Gasteiger partial charge in [-0.25, -0.2) is 4.39 Å². The Hall–Kier alpha value is -1.78. The molecule has 24 heavy (non-hydrogen) atoms. The summed E-state index contributed by atoms with van der Waals surface area (Å²) in [6, 6.07) is 0. The van der Waals surface area contributed by atoms with E-state index < -0.39 is 6.17 Å². The van der Waals surface area contributed by atoms with Crippen molar-refractivity contribution < 1.29 is 18.8 Å². The summed E-state index contributed by atoms with van der Waals surface area (Å²) in [6.07, 6.45) is 0.943. The molecule has 0 spiro atoms. The average molecular weight is 335 g/mol. The Labute approximate surface area is 142 Å². The van der Waals surface area contributed by atoms with E-state index in [0.717, 1.165) is 0 Å². The van der Waals surface area contributed by atoms with Crippen molar-refractivity contribution >= 4 is 17.5 Å². The van der Waals surface area contributed by atoms with Crippen molar-refractivity contribution in [1.29, 1.82) is 0 Å². The molecule has 0 aromatic carbocycles. The van der Waals surface area contributed by atoms with E-state index in [1.54, 1.807) is 25.7 Å². The van der Waals surface area contributed by atoms with Crippen LogP contribution >= 0.6 is 0 Å². The molecule has 2 aliphatic rings. The highest BCUT2D eigenvalue weighted by Crippen LogP contribution is 2.28. The van der Waals surface area contributed by atoms with Crippen molar-refractivity contribution in [2.45, 2.75) is 59.5 Å². The maximum absolute atomic E-state index is 13.2. The van der Waals surface area contributed by atoms with Gasteiger partial charge in [-0.15, -0.1) is 0 Å². The van der Waals surface area contributed by atoms with Gasteiger partial charge < -0.3 is 4.90 Å². The number of likely N-dealkylation sites (tertiary alicyclic amines) is 1. The fraction of sp³-hybridized carbons (Fsp3) is 0.632. The SMILES string of the molecule is CC1=C(C)C(=O)C(CCC(C)C(=O)N2CCC(F)CC2)=C(C)C1=O. The molecule has 1 heterocycles. The van der Waals surface area contributed by atoms with Crippen LogP contribution < -0.4 is 0 Å². The minimum atomic E-state index is -0.805. The van der Waals surface area contributed by atoms with Crippen LogP contribution in [0.25, 0.3) is 0 Å². The molecule has 132 valence electrons. The molecule has 2 rings (SSSR count). The second-order valence-corrected chi connectivity index (χ2v) is 6.95. The number of halogens is 1. The molecule has 1 aliphatic heterocycles. The zero-order valence-electron chi connectivity index (χ0n) is 14.9. The molecule has 1 atom stereocenters. The Bertz CT molecular complexity index is 625. The maximum atomic E-state index is 13.2. The van der Waals surface area contributed by atoms with E-state index in [0.29, 0.717) is 61.1 Å². The number of rotatable bonds is 4. The van der Waals surface area contributed by atoms with Gasteiger partial charge in [-0.1, -0.05) is 6.92 Å². The van der Waals surface area contributed by atoms with E-state index in [1.807, 2.05) is 6.92 Å². The van der Waals surface area contributed by atoms with Gasteiger partial charge in [0.2, 0.25) is 5.91 Å². The van der Waals surface area contributed by atoms with Gasteiger partial charge in [-0.3, -0.25) is 14.4 Å². The largest absolute Gasteiger partial charge is 0.342 e. The second-order valence-electron chi connectivity index (χ2n) is 6.95. The molecule has 0 radical (unpaired) electrons. The number of piperidine rings is 1. The van der Waals surface area contributed by atoms with Crippen LogP contribution in [0.1, 0.15) is 53.4 Å². The lowest BCUT2D eigenvalue weighted by molar-refractivity contribution is -0.136. The van der Waals surface area contributed by atoms with Crippen LogP contribution in [0, 0.1) is 5.92 Å². The van der Waals surface area contributed by atoms with Gasteiger partial charge in [-0.2, -0.15) is 0 Å². The molecule has 0 aromatic rings. The van der Waals surface area contributed by atoms with Crippen LogP contribution in [0.4, 0.5) is 4.39 Å². The summed E-state index contributed by atoms with van der Waals surface area (Å²) < 4.78 is 13.2. The molecule has 5 heteroatoms. The number of hydrogen-bond donors (Lipinski definition) is 0. The molecular formula is C19H26FNO3. The standard InChI is InChI=1S/C19H26FNO3/c1-11(19(24)21-9-7-15(20)8-10-21)5-6-16-14(4)17(22)12(2)13(3)18(16)23/h11,15H,5-10H2,1-4H3. The molecular weight excluding hydrogens is 309 g/mol. The van der Waals surface area contributed by atoms with Crippen LogP contribution in [-0.4, -0.2) is 41.6 Å². The Morgan fingerprint density at radius 3 is 2.21 bits per heavy atom. The molecule has 0 aromatic heterocycles. The molecule has 1 saturated heterocycles. The Morgan fingerprint density at radius 1 is 1.08 bits per heavy atom. The highest BCUT2D eigenvalue weighted by molar-refractivity contribution is 6.24. The predicted molar refractivity (Wildman–Crippen MR) is 90.2 cm³/mol. The number of carbonyl (C=O) groups excluding carboxylic acids is 3. The first-order chi connectivity index (χ1) is 11.2. The summed E-state index contributed by atoms with van der Waals surface area (Å²) in [5.74, 6) is -0.386. The summed E-state index contributed by atoms with van der Waals surface area (Å²) in [4.78, 5) is 38.7. The summed E-state index contributed by atoms with van der Waals surface area (Å²) >= 11 is 0. The Kier molecular flexibility index (Phi) is 5.73. The van der Waals surface area contributed by atoms with Gasteiger partial charge in [0.15, 0.2) is 11.6 Å². The molecule has 1 amide bonds. The first-order valence-corrected chi connectivity index (χ1v) is 8.63. The van der Waals surface area contributed by atoms with Gasteiger partial charge in [0.1, 0.15) is 6.17 Å². The van der Waals surface area contributed by atoms with Crippen molar-refractivity contribution in [2.75, 3.05) is 13.1 Å². The molecule has 1 unspecified atom stereocenters. The monoisotopic (exact) mass is 335 g/mol. The minimum absolute atomic E-state index is 0.0122. The van der Waals surface area contributed by atoms with Gasteiger partial charge in [0.05, 0.1) is 0 Å². The summed E-state index contributed by atoms with van der Waals surface area (Å²) in [5, 5.41) is 0. The third-order valence-corrected chi connectivity index (χ3v) is 5.30. The predicted octanol–water partition coefficient (Wildman–Crippen LogP) is 3.17. The highest BCUT2D eigenvalue weighted by Gasteiger charge is 2.30. The van der Waals surface area contributed by atoms with Crippen LogP contribution in [0.3, 0.4) is 0 Å². The number of carbonyl (C=O) groups is 3. The first kappa shape index (κ1) is 18.6. The first-order valence-electron chi connectivity index (χ1n) is 8.63. The van der Waals surface area contributed by atoms with Crippen LogP contribution in [0.5, 0.6) is 0 Å². The molecule has 1 aliphatic carbocycles. The topological polar surface area (TPSA) is 54.5 Å². The molecule has 1 fully saturated rings. The highest BCUT2D eigenvalue weighted by atomic mass is 19.1. The van der Waals surface area contributed by atoms with Crippen LogP contribution in [0.15, 0.2) is 22.3 Å². The Morgan fingerprint density at radius 2 is 1.62 bits per heavy atom. The smallest absolute Gasteiger partial charge is 0.225 e. The number of ketones is 2. The van der Waals surface area contributed by atoms with Gasteiger partial charge in [0, 0.05) is 41.3 Å². The van der Waals surface area contributed by atoms with Crippen molar-refractivity contribution in [1.82, 2.24) is 4.90 Å². The molecule has 0 N–H and O–H groups in total. The molecule has 0 saturated carbocycles. The number of hydrogen-bond acceptors (Lipinski definition) is 3. The third kappa shape index (κ3) is 3.65. The lowest BCUT2D eigenvalue weighted by Gasteiger charge is -2.31. The van der Waals surface area contributed by atoms with E-state index in [-0.39, 0.29) is 23.4 Å². The van der Waals surface area contributed by atoms with Crippen molar-refractivity contribution in [3.05, 3.63) is 22.3 Å². The number of allylic oxidation sites excluding steroid dienone is 4. The van der Waals surface area contributed by atoms with Crippen molar-refractivity contribution in [2.24, 2.45) is 5.92 Å². The fourth-order valence-corrected chi connectivity index (χ4v) is 3.32. The maximum Gasteiger partial charge on any atom is 0.225 e. The van der Waals surface area contributed by atoms with Gasteiger partial charge in [-0.05, 0) is 46.5 Å². The van der Waals surface area contributed by atoms with Crippen molar-refractivity contribution in [3.8, 4) is 0 Å². The number of amides is 1.